The topological polar surface area (TPSA) is 70.2 Å². The van der Waals surface area contributed by atoms with Crippen molar-refractivity contribution in [3.05, 3.63) is 35.4 Å². The van der Waals surface area contributed by atoms with E-state index in [1.807, 2.05) is 6.92 Å². The molecule has 0 bridgehead atoms. The van der Waals surface area contributed by atoms with Crippen LogP contribution >= 0.6 is 0 Å². The van der Waals surface area contributed by atoms with Crippen LogP contribution in [-0.4, -0.2) is 31.4 Å². The average molecular weight is 348 g/mol. The summed E-state index contributed by atoms with van der Waals surface area (Å²) in [7, 11) is 0. The first kappa shape index (κ1) is 21.2. The van der Waals surface area contributed by atoms with E-state index in [2.05, 4.69) is 67.9 Å². The number of carbonyl (C=O) groups excluding carboxylic acids is 2. The maximum absolute atomic E-state index is 11.9. The van der Waals surface area contributed by atoms with Gasteiger partial charge in [-0.05, 0) is 36.3 Å². The molecule has 2 atom stereocenters. The van der Waals surface area contributed by atoms with Crippen molar-refractivity contribution in [1.82, 2.24) is 16.0 Å². The van der Waals surface area contributed by atoms with E-state index in [1.54, 1.807) is 0 Å². The lowest BCUT2D eigenvalue weighted by Crippen LogP contribution is -2.42. The molecular formula is C20H33N3O2. The molecule has 0 saturated heterocycles. The minimum atomic E-state index is -0.173. The highest BCUT2D eigenvalue weighted by Crippen LogP contribution is 2.25. The van der Waals surface area contributed by atoms with Crippen molar-refractivity contribution in [1.29, 1.82) is 0 Å². The molecule has 0 aliphatic heterocycles. The van der Waals surface area contributed by atoms with Gasteiger partial charge in [0.25, 0.3) is 0 Å². The maximum atomic E-state index is 11.9. The smallest absolute Gasteiger partial charge is 0.239 e. The molecule has 0 aliphatic rings. The number of hydrogen-bond donors (Lipinski definition) is 3. The molecule has 0 radical (unpaired) electrons. The van der Waals surface area contributed by atoms with E-state index in [0.717, 1.165) is 6.42 Å². The van der Waals surface area contributed by atoms with Crippen LogP contribution in [-0.2, 0) is 9.59 Å². The molecule has 2 amide bonds. The summed E-state index contributed by atoms with van der Waals surface area (Å²) in [6.07, 6.45) is 1.12. The maximum Gasteiger partial charge on any atom is 0.239 e. The van der Waals surface area contributed by atoms with Gasteiger partial charge in [0.2, 0.25) is 11.8 Å². The first-order valence-corrected chi connectivity index (χ1v) is 9.25. The van der Waals surface area contributed by atoms with Crippen LogP contribution in [0.2, 0.25) is 0 Å². The largest absolute Gasteiger partial charge is 0.355 e. The van der Waals surface area contributed by atoms with Crippen molar-refractivity contribution in [2.24, 2.45) is 5.92 Å². The summed E-state index contributed by atoms with van der Waals surface area (Å²) in [6.45, 7) is 11.3. The van der Waals surface area contributed by atoms with Crippen LogP contribution < -0.4 is 16.0 Å². The first-order valence-electron chi connectivity index (χ1n) is 9.25. The van der Waals surface area contributed by atoms with Crippen molar-refractivity contribution in [2.75, 3.05) is 19.6 Å². The van der Waals surface area contributed by atoms with Gasteiger partial charge in [-0.1, -0.05) is 52.0 Å². The molecule has 0 heterocycles. The molecule has 3 N–H and O–H groups in total. The number of benzene rings is 1. The Labute approximate surface area is 152 Å². The molecule has 0 fully saturated rings. The van der Waals surface area contributed by atoms with Gasteiger partial charge in [0.1, 0.15) is 0 Å². The summed E-state index contributed by atoms with van der Waals surface area (Å²) >= 11 is 0. The van der Waals surface area contributed by atoms with Gasteiger partial charge in [0.15, 0.2) is 0 Å². The summed E-state index contributed by atoms with van der Waals surface area (Å²) in [6, 6.07) is 8.74. The molecule has 140 valence electrons. The van der Waals surface area contributed by atoms with E-state index in [4.69, 9.17) is 0 Å². The van der Waals surface area contributed by atoms with Crippen molar-refractivity contribution < 1.29 is 9.59 Å². The minimum absolute atomic E-state index is 0.0182. The van der Waals surface area contributed by atoms with Gasteiger partial charge < -0.3 is 16.0 Å². The highest BCUT2D eigenvalue weighted by atomic mass is 16.2. The van der Waals surface area contributed by atoms with Crippen molar-refractivity contribution in [3.63, 3.8) is 0 Å². The van der Waals surface area contributed by atoms with Gasteiger partial charge in [-0.25, -0.2) is 0 Å². The molecular weight excluding hydrogens is 314 g/mol. The molecule has 0 saturated carbocycles. The number of likely N-dealkylation sites (N-methyl/N-ethyl adjacent to an activating group) is 1. The number of hydrogen-bond acceptors (Lipinski definition) is 3. The summed E-state index contributed by atoms with van der Waals surface area (Å²) in [5.41, 5.74) is 2.52. The Balaban J connectivity index is 2.59. The standard InChI is InChI=1S/C20H33N3O2/c1-6-15(5)16-8-10-17(11-9-16)20(14(3)4)23-13-19(25)22-12-18(24)21-7-2/h8-11,14-15,20,23H,6-7,12-13H2,1-5H3,(H,21,24)(H,22,25)/t15-,20+/m1/s1. The normalized spacial score (nSPS) is 13.4. The van der Waals surface area contributed by atoms with Gasteiger partial charge >= 0.3 is 0 Å². The lowest BCUT2D eigenvalue weighted by molar-refractivity contribution is -0.125. The second-order valence-corrected chi connectivity index (χ2v) is 6.81. The minimum Gasteiger partial charge on any atom is -0.355 e. The van der Waals surface area contributed by atoms with Crippen LogP contribution in [0, 0.1) is 5.92 Å². The fraction of sp³-hybridized carbons (Fsp3) is 0.600. The van der Waals surface area contributed by atoms with Gasteiger partial charge in [0.05, 0.1) is 13.1 Å². The van der Waals surface area contributed by atoms with Crippen LogP contribution in [0.15, 0.2) is 24.3 Å². The molecule has 0 spiro atoms. The van der Waals surface area contributed by atoms with Gasteiger partial charge in [0, 0.05) is 12.6 Å². The number of carbonyl (C=O) groups is 2. The van der Waals surface area contributed by atoms with Crippen LogP contribution in [0.1, 0.15) is 64.1 Å². The van der Waals surface area contributed by atoms with Crippen molar-refractivity contribution in [2.45, 2.75) is 53.0 Å². The van der Waals surface area contributed by atoms with Gasteiger partial charge in [-0.3, -0.25) is 9.59 Å². The molecule has 1 aromatic rings. The highest BCUT2D eigenvalue weighted by molar-refractivity contribution is 5.85. The zero-order chi connectivity index (χ0) is 18.8. The van der Waals surface area contributed by atoms with Crippen molar-refractivity contribution in [3.8, 4) is 0 Å². The predicted molar refractivity (Wildman–Crippen MR) is 102 cm³/mol. The van der Waals surface area contributed by atoms with Crippen LogP contribution in [0.5, 0.6) is 0 Å². The third-order valence-corrected chi connectivity index (χ3v) is 4.45. The zero-order valence-electron chi connectivity index (χ0n) is 16.2. The van der Waals surface area contributed by atoms with E-state index in [1.165, 1.54) is 11.1 Å². The monoisotopic (exact) mass is 347 g/mol. The third-order valence-electron chi connectivity index (χ3n) is 4.45. The number of amides is 2. The van der Waals surface area contributed by atoms with E-state index < -0.39 is 0 Å². The summed E-state index contributed by atoms with van der Waals surface area (Å²) in [4.78, 5) is 23.3. The predicted octanol–water partition coefficient (Wildman–Crippen LogP) is 2.74. The summed E-state index contributed by atoms with van der Waals surface area (Å²) < 4.78 is 0. The molecule has 0 aromatic heterocycles. The third kappa shape index (κ3) is 7.26. The zero-order valence-corrected chi connectivity index (χ0v) is 16.2. The lowest BCUT2D eigenvalue weighted by Gasteiger charge is -2.23. The van der Waals surface area contributed by atoms with E-state index in [-0.39, 0.29) is 30.9 Å². The van der Waals surface area contributed by atoms with E-state index >= 15 is 0 Å². The van der Waals surface area contributed by atoms with Crippen LogP contribution in [0.25, 0.3) is 0 Å². The highest BCUT2D eigenvalue weighted by Gasteiger charge is 2.17. The first-order chi connectivity index (χ1) is 11.9. The molecule has 0 aliphatic carbocycles. The lowest BCUT2D eigenvalue weighted by atomic mass is 9.92. The Morgan fingerprint density at radius 2 is 1.44 bits per heavy atom. The Bertz CT molecular complexity index is 540. The molecule has 25 heavy (non-hydrogen) atoms. The van der Waals surface area contributed by atoms with Crippen LogP contribution in [0.4, 0.5) is 0 Å². The Kier molecular flexibility index (Phi) is 9.21. The van der Waals surface area contributed by atoms with Crippen LogP contribution in [0.3, 0.4) is 0 Å². The van der Waals surface area contributed by atoms with Gasteiger partial charge in [-0.2, -0.15) is 0 Å². The molecule has 1 aromatic carbocycles. The Morgan fingerprint density at radius 3 is 1.96 bits per heavy atom. The SMILES string of the molecule is CCNC(=O)CNC(=O)CN[C@H](c1ccc([C@H](C)CC)cc1)C(C)C. The fourth-order valence-electron chi connectivity index (χ4n) is 2.71. The number of rotatable bonds is 10. The number of nitrogens with one attached hydrogen (secondary N) is 3. The molecule has 5 nitrogen and oxygen atoms in total. The van der Waals surface area contributed by atoms with E-state index in [0.29, 0.717) is 18.4 Å². The van der Waals surface area contributed by atoms with E-state index in [9.17, 15) is 9.59 Å². The van der Waals surface area contributed by atoms with Crippen molar-refractivity contribution >= 4 is 11.8 Å². The summed E-state index contributed by atoms with van der Waals surface area (Å²) in [5.74, 6) is 0.565. The van der Waals surface area contributed by atoms with Gasteiger partial charge in [-0.15, -0.1) is 0 Å². The fourth-order valence-corrected chi connectivity index (χ4v) is 2.71. The quantitative estimate of drug-likeness (QED) is 0.609. The Morgan fingerprint density at radius 1 is 0.880 bits per heavy atom. The average Bonchev–Trinajstić information content (AvgIpc) is 2.60. The second-order valence-electron chi connectivity index (χ2n) is 6.81. The molecule has 5 heteroatoms. The second kappa shape index (κ2) is 10.9. The summed E-state index contributed by atoms with van der Waals surface area (Å²) in [5, 5.41) is 8.60. The Hall–Kier alpha value is -1.88. The molecule has 0 unspecified atom stereocenters. The molecule has 1 rings (SSSR count).